The molecule has 0 aliphatic carbocycles. The van der Waals surface area contributed by atoms with E-state index in [2.05, 4.69) is 15.2 Å². The first-order valence-corrected chi connectivity index (χ1v) is 10.3. The van der Waals surface area contributed by atoms with Crippen LogP contribution < -0.4 is 0 Å². The van der Waals surface area contributed by atoms with E-state index in [0.29, 0.717) is 0 Å². The van der Waals surface area contributed by atoms with Gasteiger partial charge in [-0.2, -0.15) is 5.10 Å². The Morgan fingerprint density at radius 3 is 1.74 bits per heavy atom. The monoisotopic (exact) mass is 532 g/mol. The van der Waals surface area contributed by atoms with Gasteiger partial charge >= 0.3 is 11.9 Å². The maximum Gasteiger partial charge on any atom is 0.339 e. The zero-order chi connectivity index (χ0) is 25.0. The Hall–Kier alpha value is -3.70. The molecular formula is C21H22N4NiO7S. The van der Waals surface area contributed by atoms with Gasteiger partial charge in [-0.25, -0.2) is 14.6 Å². The molecule has 184 valence electrons. The van der Waals surface area contributed by atoms with E-state index in [9.17, 15) is 24.6 Å². The Bertz CT molecular complexity index is 1100. The van der Waals surface area contributed by atoms with E-state index in [1.165, 1.54) is 53.7 Å². The minimum Gasteiger partial charge on any atom is -0.506 e. The first kappa shape index (κ1) is 30.3. The maximum atomic E-state index is 11.0. The second-order valence-electron chi connectivity index (χ2n) is 6.26. The fraction of sp³-hybridized carbons (Fsp3) is 0.143. The minimum atomic E-state index is -1.27. The van der Waals surface area contributed by atoms with E-state index < -0.39 is 23.4 Å². The Labute approximate surface area is 209 Å². The van der Waals surface area contributed by atoms with Gasteiger partial charge in [-0.3, -0.25) is 4.79 Å². The van der Waals surface area contributed by atoms with Gasteiger partial charge < -0.3 is 25.3 Å². The number of amides is 1. The third-order valence-electron chi connectivity index (χ3n) is 3.64. The number of rotatable bonds is 6. The van der Waals surface area contributed by atoms with Crippen molar-refractivity contribution in [1.82, 2.24) is 4.90 Å². The van der Waals surface area contributed by atoms with Crippen LogP contribution >= 0.6 is 11.8 Å². The van der Waals surface area contributed by atoms with Gasteiger partial charge in [0, 0.05) is 47.9 Å². The number of carboxylic acids is 2. The molecule has 34 heavy (non-hydrogen) atoms. The number of carbonyl (C=O) groups is 3. The fourth-order valence-electron chi connectivity index (χ4n) is 2.06. The molecule has 0 aliphatic rings. The van der Waals surface area contributed by atoms with Crippen LogP contribution in [0.1, 0.15) is 31.8 Å². The molecule has 0 heterocycles. The number of para-hydroxylation sites is 2. The van der Waals surface area contributed by atoms with Gasteiger partial charge in [0.15, 0.2) is 0 Å². The van der Waals surface area contributed by atoms with E-state index in [0.717, 1.165) is 18.2 Å². The number of hydrogen-bond donors (Lipinski definition) is 4. The van der Waals surface area contributed by atoms with Crippen LogP contribution in [0.4, 0.5) is 0 Å². The molecule has 0 unspecified atom stereocenters. The quantitative estimate of drug-likeness (QED) is 0.144. The molecule has 0 saturated carbocycles. The van der Waals surface area contributed by atoms with Crippen LogP contribution in [-0.2, 0) is 21.3 Å². The summed E-state index contributed by atoms with van der Waals surface area (Å²) in [6, 6.07) is 8.41. The first-order chi connectivity index (χ1) is 15.6. The van der Waals surface area contributed by atoms with Crippen molar-refractivity contribution in [2.75, 3.05) is 20.4 Å². The number of phenols is 2. The molecule has 1 amide bonds. The molecule has 0 aliphatic heterocycles. The van der Waals surface area contributed by atoms with Crippen LogP contribution in [0.15, 0.2) is 51.6 Å². The average Bonchev–Trinajstić information content (AvgIpc) is 2.77. The molecule has 0 aromatic heterocycles. The van der Waals surface area contributed by atoms with Gasteiger partial charge in [0.25, 0.3) is 0 Å². The van der Waals surface area contributed by atoms with Crippen LogP contribution in [0.2, 0.25) is 0 Å². The summed E-state index contributed by atoms with van der Waals surface area (Å²) in [6.45, 7) is 0. The fourth-order valence-corrected chi connectivity index (χ4v) is 2.35. The summed E-state index contributed by atoms with van der Waals surface area (Å²) in [5.41, 5.74) is -0.152. The zero-order valence-electron chi connectivity index (χ0n) is 18.2. The van der Waals surface area contributed by atoms with E-state index >= 15 is 0 Å². The number of carboxylic acid groups (broad SMARTS) is 2. The molecular weight excluding hydrogens is 511 g/mol. The van der Waals surface area contributed by atoms with Gasteiger partial charge in [-0.1, -0.05) is 23.9 Å². The SMILES string of the molecule is CN(C)C=O.CSC(/N=C/c1cccc(C(=O)O)c1O)=N/N=C/c1cccc(C(=O)O)c1O.[Ni]. The Balaban J connectivity index is 0.00000164. The molecule has 0 saturated heterocycles. The first-order valence-electron chi connectivity index (χ1n) is 9.03. The second-order valence-corrected chi connectivity index (χ2v) is 7.03. The number of amidine groups is 1. The number of nitrogens with zero attached hydrogens (tertiary/aromatic N) is 4. The van der Waals surface area contributed by atoms with Gasteiger partial charge in [0.05, 0.1) is 6.21 Å². The van der Waals surface area contributed by atoms with Crippen LogP contribution in [0.3, 0.4) is 0 Å². The zero-order valence-corrected chi connectivity index (χ0v) is 20.0. The van der Waals surface area contributed by atoms with Crippen molar-refractivity contribution in [3.63, 3.8) is 0 Å². The molecule has 0 fully saturated rings. The molecule has 2 aromatic rings. The molecule has 4 N–H and O–H groups in total. The summed E-state index contributed by atoms with van der Waals surface area (Å²) in [7, 11) is 3.38. The second kappa shape index (κ2) is 15.2. The van der Waals surface area contributed by atoms with E-state index in [1.807, 2.05) is 0 Å². The summed E-state index contributed by atoms with van der Waals surface area (Å²) in [6.07, 6.45) is 4.85. The van der Waals surface area contributed by atoms with Gasteiger partial charge in [0.1, 0.15) is 22.6 Å². The standard InChI is InChI=1S/C18H15N3O6S.C3H7NO.Ni/c1-28-18(19-8-10-4-2-6-12(14(10)22)16(24)25)21-20-9-11-5-3-7-13(15(11)23)17(26)27;1-4(2)3-5;/h2-9,22-23H,1H3,(H,24,25)(H,26,27);3H,1-2H3;/b19-8+,20-9+,21-18+;;. The largest absolute Gasteiger partial charge is 0.506 e. The van der Waals surface area contributed by atoms with E-state index in [-0.39, 0.29) is 43.9 Å². The van der Waals surface area contributed by atoms with Crippen molar-refractivity contribution in [1.29, 1.82) is 0 Å². The topological polar surface area (TPSA) is 172 Å². The van der Waals surface area contributed by atoms with E-state index in [4.69, 9.17) is 10.2 Å². The van der Waals surface area contributed by atoms with E-state index in [1.54, 1.807) is 20.4 Å². The minimum absolute atomic E-state index is 0. The van der Waals surface area contributed by atoms with Gasteiger partial charge in [-0.05, 0) is 30.5 Å². The normalized spacial score (nSPS) is 10.9. The average molecular weight is 533 g/mol. The number of thioether (sulfide) groups is 1. The summed E-state index contributed by atoms with van der Waals surface area (Å²) in [4.78, 5) is 36.9. The van der Waals surface area contributed by atoms with Crippen molar-refractivity contribution in [2.45, 2.75) is 0 Å². The maximum absolute atomic E-state index is 11.0. The van der Waals surface area contributed by atoms with Crippen molar-refractivity contribution in [3.8, 4) is 11.5 Å². The summed E-state index contributed by atoms with van der Waals surface area (Å²) in [5, 5.41) is 45.6. The predicted molar refractivity (Wildman–Crippen MR) is 126 cm³/mol. The number of carbonyl (C=O) groups excluding carboxylic acids is 1. The summed E-state index contributed by atoms with van der Waals surface area (Å²) >= 11 is 1.14. The number of aliphatic imine (C=N–C) groups is 1. The smallest absolute Gasteiger partial charge is 0.339 e. The summed E-state index contributed by atoms with van der Waals surface area (Å²) < 4.78 is 0. The molecule has 0 radical (unpaired) electrons. The van der Waals surface area contributed by atoms with Gasteiger partial charge in [0.2, 0.25) is 11.6 Å². The Morgan fingerprint density at radius 1 is 0.912 bits per heavy atom. The Morgan fingerprint density at radius 2 is 1.35 bits per heavy atom. The summed E-state index contributed by atoms with van der Waals surface area (Å²) in [5.74, 6) is -3.38. The van der Waals surface area contributed by atoms with Crippen LogP contribution in [0.25, 0.3) is 0 Å². The molecule has 2 aromatic carbocycles. The molecule has 2 rings (SSSR count). The number of hydrogen-bond acceptors (Lipinski definition) is 8. The van der Waals surface area contributed by atoms with Crippen molar-refractivity contribution in [3.05, 3.63) is 58.7 Å². The Kier molecular flexibility index (Phi) is 13.5. The van der Waals surface area contributed by atoms with Crippen molar-refractivity contribution >= 4 is 47.7 Å². The van der Waals surface area contributed by atoms with Crippen molar-refractivity contribution in [2.24, 2.45) is 15.2 Å². The molecule has 0 bridgehead atoms. The molecule has 11 nitrogen and oxygen atoms in total. The third kappa shape index (κ3) is 9.43. The number of aromatic carboxylic acids is 2. The number of benzene rings is 2. The van der Waals surface area contributed by atoms with Gasteiger partial charge in [-0.15, -0.1) is 5.10 Å². The molecule has 13 heteroatoms. The van der Waals surface area contributed by atoms with Crippen molar-refractivity contribution < 1.29 is 51.3 Å². The predicted octanol–water partition coefficient (Wildman–Crippen LogP) is 2.37. The number of aromatic hydroxyl groups is 2. The molecule has 0 spiro atoms. The van der Waals surface area contributed by atoms with Crippen LogP contribution in [0, 0.1) is 0 Å². The molecule has 0 atom stereocenters. The van der Waals surface area contributed by atoms with Crippen LogP contribution in [0.5, 0.6) is 11.5 Å². The third-order valence-corrected chi connectivity index (χ3v) is 4.20. The van der Waals surface area contributed by atoms with Crippen LogP contribution in [-0.4, -0.2) is 81.6 Å².